The van der Waals surface area contributed by atoms with Crippen LogP contribution in [0.4, 0.5) is 0 Å². The van der Waals surface area contributed by atoms with E-state index < -0.39 is 6.10 Å². The van der Waals surface area contributed by atoms with E-state index in [4.69, 9.17) is 9.47 Å². The normalized spacial score (nSPS) is 15.6. The monoisotopic (exact) mass is 362 g/mol. The fraction of sp³-hybridized carbons (Fsp3) is 0.150. The van der Waals surface area contributed by atoms with Crippen molar-refractivity contribution in [2.45, 2.75) is 12.6 Å². The number of nitrogens with zero attached hydrogens (tertiary/aromatic N) is 3. The maximum Gasteiger partial charge on any atom is 0.284 e. The molecule has 7 nitrogen and oxygen atoms in total. The first-order valence-corrected chi connectivity index (χ1v) is 8.56. The van der Waals surface area contributed by atoms with E-state index in [0.29, 0.717) is 18.0 Å². The predicted octanol–water partition coefficient (Wildman–Crippen LogP) is 2.22. The largest absolute Gasteiger partial charge is 0.485 e. The number of hydrogen-bond acceptors (Lipinski definition) is 5. The first-order chi connectivity index (χ1) is 13.3. The summed E-state index contributed by atoms with van der Waals surface area (Å²) in [6.45, 7) is 0.821. The Hall–Kier alpha value is -3.61. The lowest BCUT2D eigenvalue weighted by Gasteiger charge is -2.24. The van der Waals surface area contributed by atoms with Crippen LogP contribution in [0.3, 0.4) is 0 Å². The van der Waals surface area contributed by atoms with Gasteiger partial charge in [0.05, 0.1) is 19.0 Å². The minimum atomic E-state index is -0.738. The van der Waals surface area contributed by atoms with Gasteiger partial charge in [-0.15, -0.1) is 0 Å². The molecule has 1 amide bonds. The van der Waals surface area contributed by atoms with Crippen molar-refractivity contribution in [3.05, 3.63) is 78.1 Å². The maximum atomic E-state index is 12.2. The Balaban J connectivity index is 1.31. The summed E-state index contributed by atoms with van der Waals surface area (Å²) in [5.41, 5.74) is 4.43. The molecule has 0 fully saturated rings. The molecular weight excluding hydrogens is 344 g/mol. The minimum absolute atomic E-state index is 0.146. The number of carbonyl (C=O) groups is 1. The van der Waals surface area contributed by atoms with Gasteiger partial charge in [0.2, 0.25) is 6.10 Å². The molecule has 1 atom stereocenters. The van der Waals surface area contributed by atoms with Crippen LogP contribution in [-0.2, 0) is 11.3 Å². The number of rotatable bonds is 5. The SMILES string of the molecule is O=C(N/N=C\c1cnn(Cc2ccccc2)c1)[C@H]1COc2ccccc2O1. The number of amides is 1. The lowest BCUT2D eigenvalue weighted by atomic mass is 10.2. The van der Waals surface area contributed by atoms with Gasteiger partial charge in [0.1, 0.15) is 6.61 Å². The van der Waals surface area contributed by atoms with Crippen molar-refractivity contribution in [1.82, 2.24) is 15.2 Å². The van der Waals surface area contributed by atoms with Crippen LogP contribution < -0.4 is 14.9 Å². The van der Waals surface area contributed by atoms with Crippen molar-refractivity contribution < 1.29 is 14.3 Å². The van der Waals surface area contributed by atoms with E-state index in [2.05, 4.69) is 15.6 Å². The molecule has 1 aliphatic heterocycles. The van der Waals surface area contributed by atoms with E-state index in [1.807, 2.05) is 53.3 Å². The molecule has 3 aromatic rings. The van der Waals surface area contributed by atoms with Crippen molar-refractivity contribution in [2.24, 2.45) is 5.10 Å². The molecule has 4 rings (SSSR count). The molecule has 2 heterocycles. The molecule has 1 N–H and O–H groups in total. The van der Waals surface area contributed by atoms with Gasteiger partial charge in [-0.05, 0) is 17.7 Å². The van der Waals surface area contributed by atoms with E-state index in [-0.39, 0.29) is 12.5 Å². The van der Waals surface area contributed by atoms with Gasteiger partial charge in [-0.25, -0.2) is 5.43 Å². The van der Waals surface area contributed by atoms with Crippen LogP contribution in [0.1, 0.15) is 11.1 Å². The van der Waals surface area contributed by atoms with Gasteiger partial charge in [0.25, 0.3) is 5.91 Å². The lowest BCUT2D eigenvalue weighted by molar-refractivity contribution is -0.130. The smallest absolute Gasteiger partial charge is 0.284 e. The van der Waals surface area contributed by atoms with Gasteiger partial charge in [-0.3, -0.25) is 9.48 Å². The van der Waals surface area contributed by atoms with Crippen molar-refractivity contribution in [2.75, 3.05) is 6.61 Å². The van der Waals surface area contributed by atoms with Gasteiger partial charge in [-0.1, -0.05) is 42.5 Å². The second-order valence-electron chi connectivity index (χ2n) is 6.06. The number of nitrogens with one attached hydrogen (secondary N) is 1. The number of carbonyl (C=O) groups excluding carboxylic acids is 1. The molecule has 1 aliphatic rings. The molecule has 0 radical (unpaired) electrons. The summed E-state index contributed by atoms with van der Waals surface area (Å²) in [6, 6.07) is 17.3. The van der Waals surface area contributed by atoms with Crippen LogP contribution in [0, 0.1) is 0 Å². The number of fused-ring (bicyclic) bond motifs is 1. The van der Waals surface area contributed by atoms with Crippen LogP contribution in [0.15, 0.2) is 72.1 Å². The zero-order chi connectivity index (χ0) is 18.5. The van der Waals surface area contributed by atoms with Crippen LogP contribution in [0.5, 0.6) is 11.5 Å². The summed E-state index contributed by atoms with van der Waals surface area (Å²) in [5, 5.41) is 8.27. The van der Waals surface area contributed by atoms with E-state index in [0.717, 1.165) is 11.1 Å². The van der Waals surface area contributed by atoms with Crippen LogP contribution in [-0.4, -0.2) is 34.6 Å². The zero-order valence-electron chi connectivity index (χ0n) is 14.5. The Labute approximate surface area is 156 Å². The number of para-hydroxylation sites is 2. The Morgan fingerprint density at radius 3 is 2.81 bits per heavy atom. The Bertz CT molecular complexity index is 953. The Morgan fingerprint density at radius 1 is 1.19 bits per heavy atom. The average Bonchev–Trinajstić information content (AvgIpc) is 3.15. The molecular formula is C20H18N4O3. The highest BCUT2D eigenvalue weighted by molar-refractivity contribution is 5.84. The number of hydrazone groups is 1. The van der Waals surface area contributed by atoms with E-state index in [9.17, 15) is 4.79 Å². The summed E-state index contributed by atoms with van der Waals surface area (Å²) in [6.07, 6.45) is 4.36. The molecule has 2 aromatic carbocycles. The number of benzene rings is 2. The third-order valence-electron chi connectivity index (χ3n) is 4.03. The maximum absolute atomic E-state index is 12.2. The summed E-state index contributed by atoms with van der Waals surface area (Å²) in [4.78, 5) is 12.2. The Morgan fingerprint density at radius 2 is 1.96 bits per heavy atom. The second-order valence-corrected chi connectivity index (χ2v) is 6.06. The van der Waals surface area contributed by atoms with Gasteiger partial charge in [0, 0.05) is 11.8 Å². The van der Waals surface area contributed by atoms with Gasteiger partial charge in [0.15, 0.2) is 11.5 Å². The number of ether oxygens (including phenoxy) is 2. The average molecular weight is 362 g/mol. The third kappa shape index (κ3) is 4.14. The van der Waals surface area contributed by atoms with E-state index in [1.165, 1.54) is 0 Å². The van der Waals surface area contributed by atoms with Crippen molar-refractivity contribution in [3.8, 4) is 11.5 Å². The highest BCUT2D eigenvalue weighted by Crippen LogP contribution is 2.30. The summed E-state index contributed by atoms with van der Waals surface area (Å²) in [7, 11) is 0. The fourth-order valence-corrected chi connectivity index (χ4v) is 2.69. The molecule has 0 saturated carbocycles. The summed E-state index contributed by atoms with van der Waals surface area (Å²) >= 11 is 0. The molecule has 0 aliphatic carbocycles. The number of aromatic nitrogens is 2. The first kappa shape index (κ1) is 16.8. The molecule has 1 aromatic heterocycles. The number of hydrogen-bond donors (Lipinski definition) is 1. The summed E-state index contributed by atoms with van der Waals surface area (Å²) in [5.74, 6) is 0.823. The topological polar surface area (TPSA) is 77.7 Å². The van der Waals surface area contributed by atoms with Gasteiger partial charge in [-0.2, -0.15) is 10.2 Å². The fourth-order valence-electron chi connectivity index (χ4n) is 2.69. The molecule has 0 spiro atoms. The summed E-state index contributed by atoms with van der Waals surface area (Å²) < 4.78 is 13.0. The molecule has 0 unspecified atom stereocenters. The van der Waals surface area contributed by atoms with E-state index in [1.54, 1.807) is 24.5 Å². The van der Waals surface area contributed by atoms with E-state index >= 15 is 0 Å². The van der Waals surface area contributed by atoms with Crippen LogP contribution in [0.25, 0.3) is 0 Å². The quantitative estimate of drug-likeness (QED) is 0.558. The van der Waals surface area contributed by atoms with Crippen LogP contribution >= 0.6 is 0 Å². The third-order valence-corrected chi connectivity index (χ3v) is 4.03. The molecule has 0 saturated heterocycles. The predicted molar refractivity (Wildman–Crippen MR) is 99.9 cm³/mol. The zero-order valence-corrected chi connectivity index (χ0v) is 14.5. The lowest BCUT2D eigenvalue weighted by Crippen LogP contribution is -2.42. The molecule has 0 bridgehead atoms. The molecule has 136 valence electrons. The van der Waals surface area contributed by atoms with Crippen molar-refractivity contribution >= 4 is 12.1 Å². The van der Waals surface area contributed by atoms with Crippen molar-refractivity contribution in [1.29, 1.82) is 0 Å². The highest BCUT2D eigenvalue weighted by Gasteiger charge is 2.26. The van der Waals surface area contributed by atoms with Crippen LogP contribution in [0.2, 0.25) is 0 Å². The Kier molecular flexibility index (Phi) is 4.82. The highest BCUT2D eigenvalue weighted by atomic mass is 16.6. The standard InChI is InChI=1S/C20H18N4O3/c25-20(19-14-26-17-8-4-5-9-18(17)27-19)23-21-10-16-11-22-24(13-16)12-15-6-2-1-3-7-15/h1-11,13,19H,12,14H2,(H,23,25)/b21-10-/t19-/m1/s1. The first-order valence-electron chi connectivity index (χ1n) is 8.56. The minimum Gasteiger partial charge on any atom is -0.485 e. The van der Waals surface area contributed by atoms with Gasteiger partial charge >= 0.3 is 0 Å². The molecule has 27 heavy (non-hydrogen) atoms. The van der Waals surface area contributed by atoms with Gasteiger partial charge < -0.3 is 9.47 Å². The second kappa shape index (κ2) is 7.74. The molecule has 7 heteroatoms. The van der Waals surface area contributed by atoms with Crippen molar-refractivity contribution in [3.63, 3.8) is 0 Å².